The molecule has 0 radical (unpaired) electrons. The van der Waals surface area contributed by atoms with Gasteiger partial charge in [0.25, 0.3) is 0 Å². The summed E-state index contributed by atoms with van der Waals surface area (Å²) >= 11 is 0. The number of nitrogens with zero attached hydrogens (tertiary/aromatic N) is 5. The summed E-state index contributed by atoms with van der Waals surface area (Å²) in [5.74, 6) is 1.53. The van der Waals surface area contributed by atoms with Gasteiger partial charge in [0.2, 0.25) is 0 Å². The van der Waals surface area contributed by atoms with Gasteiger partial charge in [-0.05, 0) is 55.5 Å². The van der Waals surface area contributed by atoms with Crippen molar-refractivity contribution >= 4 is 16.7 Å². The Labute approximate surface area is 174 Å². The zero-order chi connectivity index (χ0) is 19.9. The third-order valence-electron chi connectivity index (χ3n) is 6.52. The Morgan fingerprint density at radius 3 is 2.97 bits per heavy atom. The zero-order valence-electron chi connectivity index (χ0n) is 16.6. The Bertz CT molecular complexity index is 1140. The molecule has 3 N–H and O–H groups in total. The van der Waals surface area contributed by atoms with E-state index in [4.69, 9.17) is 0 Å². The van der Waals surface area contributed by atoms with Crippen molar-refractivity contribution in [1.29, 1.82) is 0 Å². The van der Waals surface area contributed by atoms with Crippen LogP contribution in [0.5, 0.6) is 0 Å². The number of rotatable bonds is 4. The average Bonchev–Trinajstić information content (AvgIpc) is 3.40. The molecule has 3 atom stereocenters. The van der Waals surface area contributed by atoms with Crippen LogP contribution >= 0.6 is 0 Å². The van der Waals surface area contributed by atoms with Gasteiger partial charge in [0.05, 0.1) is 23.1 Å². The highest BCUT2D eigenvalue weighted by Gasteiger charge is 2.33. The van der Waals surface area contributed by atoms with E-state index in [0.717, 1.165) is 40.2 Å². The van der Waals surface area contributed by atoms with E-state index in [1.165, 1.54) is 25.7 Å². The molecule has 8 nitrogen and oxygen atoms in total. The van der Waals surface area contributed by atoms with Crippen molar-refractivity contribution in [1.82, 2.24) is 35.5 Å². The molecule has 2 bridgehead atoms. The van der Waals surface area contributed by atoms with Gasteiger partial charge in [-0.15, -0.1) is 10.2 Å². The Balaban J connectivity index is 1.28. The van der Waals surface area contributed by atoms with Gasteiger partial charge in [-0.2, -0.15) is 10.2 Å². The highest BCUT2D eigenvalue weighted by Crippen LogP contribution is 2.32. The van der Waals surface area contributed by atoms with Crippen LogP contribution in [-0.2, 0) is 0 Å². The van der Waals surface area contributed by atoms with Gasteiger partial charge in [-0.3, -0.25) is 5.10 Å². The number of nitrogens with one attached hydrogen (secondary N) is 3. The summed E-state index contributed by atoms with van der Waals surface area (Å²) < 4.78 is 1.83. The minimum Gasteiger partial charge on any atom is -0.365 e. The zero-order valence-corrected chi connectivity index (χ0v) is 16.6. The molecule has 0 amide bonds. The van der Waals surface area contributed by atoms with E-state index in [2.05, 4.69) is 42.2 Å². The molecule has 1 saturated carbocycles. The summed E-state index contributed by atoms with van der Waals surface area (Å²) in [5, 5.41) is 29.0. The second kappa shape index (κ2) is 7.21. The van der Waals surface area contributed by atoms with Crippen LogP contribution in [0.3, 0.4) is 0 Å². The van der Waals surface area contributed by atoms with Crippen LogP contribution in [0.2, 0.25) is 0 Å². The fourth-order valence-electron chi connectivity index (χ4n) is 4.96. The molecule has 5 heterocycles. The van der Waals surface area contributed by atoms with Crippen LogP contribution < -0.4 is 10.6 Å². The Kier molecular flexibility index (Phi) is 4.23. The van der Waals surface area contributed by atoms with Crippen LogP contribution in [0.4, 0.5) is 5.82 Å². The number of hydrogen-bond donors (Lipinski definition) is 3. The molecule has 3 aromatic heterocycles. The van der Waals surface area contributed by atoms with Gasteiger partial charge in [0.15, 0.2) is 0 Å². The number of aromatic nitrogens is 6. The van der Waals surface area contributed by atoms with E-state index in [1.807, 2.05) is 41.3 Å². The first-order chi connectivity index (χ1) is 14.8. The highest BCUT2D eigenvalue weighted by molar-refractivity contribution is 5.97. The number of benzene rings is 1. The van der Waals surface area contributed by atoms with E-state index >= 15 is 0 Å². The number of fused-ring (bicyclic) bond motifs is 5. The highest BCUT2D eigenvalue weighted by atomic mass is 15.3. The Morgan fingerprint density at radius 2 is 2.10 bits per heavy atom. The lowest BCUT2D eigenvalue weighted by atomic mass is 9.90. The molecule has 4 aromatic rings. The van der Waals surface area contributed by atoms with Crippen LogP contribution in [0.25, 0.3) is 27.8 Å². The van der Waals surface area contributed by atoms with E-state index < -0.39 is 0 Å². The standard InChI is InChI=1S/C22H24N8/c1-3-14-12-23-15(4-1)11-19(14)26-21-8-6-18(27-28-21)16-5-7-20(30-10-2-9-25-30)22-17(16)13-24-29-22/h2,5-10,13-15,19,23H,1,3-4,11-12H2,(H,24,29)(H,26,28)/t14-,15-,19+/m1/s1. The summed E-state index contributed by atoms with van der Waals surface area (Å²) in [6.07, 6.45) is 10.6. The SMILES string of the molecule is c1cnn(-c2ccc(-c3ccc(N[C@H]4C[C@H]5CCC[C@@H]4CN5)nn3)c3cn[nH]c23)c1. The van der Waals surface area contributed by atoms with Crippen LogP contribution in [0.15, 0.2) is 48.9 Å². The van der Waals surface area contributed by atoms with Crippen molar-refractivity contribution in [3.8, 4) is 16.9 Å². The maximum atomic E-state index is 4.53. The van der Waals surface area contributed by atoms with Crippen molar-refractivity contribution in [2.75, 3.05) is 11.9 Å². The lowest BCUT2D eigenvalue weighted by molar-refractivity contribution is 0.312. The van der Waals surface area contributed by atoms with Gasteiger partial charge in [-0.25, -0.2) is 4.68 Å². The van der Waals surface area contributed by atoms with Crippen molar-refractivity contribution in [3.63, 3.8) is 0 Å². The minimum atomic E-state index is 0.479. The smallest absolute Gasteiger partial charge is 0.148 e. The van der Waals surface area contributed by atoms with Gasteiger partial charge < -0.3 is 10.6 Å². The second-order valence-electron chi connectivity index (χ2n) is 8.33. The first kappa shape index (κ1) is 17.6. The number of hydrogen-bond acceptors (Lipinski definition) is 6. The maximum absolute atomic E-state index is 4.53. The third-order valence-corrected chi connectivity index (χ3v) is 6.52. The molecular formula is C22H24N8. The minimum absolute atomic E-state index is 0.479. The van der Waals surface area contributed by atoms with Crippen molar-refractivity contribution in [2.45, 2.75) is 37.8 Å². The topological polar surface area (TPSA) is 96.3 Å². The van der Waals surface area contributed by atoms with Gasteiger partial charge in [0, 0.05) is 42.0 Å². The van der Waals surface area contributed by atoms with E-state index in [1.54, 1.807) is 6.20 Å². The predicted molar refractivity (Wildman–Crippen MR) is 115 cm³/mol. The number of aromatic amines is 1. The second-order valence-corrected chi connectivity index (χ2v) is 8.33. The summed E-state index contributed by atoms with van der Waals surface area (Å²) in [6, 6.07) is 11.2. The van der Waals surface area contributed by atoms with E-state index in [-0.39, 0.29) is 0 Å². The van der Waals surface area contributed by atoms with E-state index in [9.17, 15) is 0 Å². The van der Waals surface area contributed by atoms with Crippen molar-refractivity contribution < 1.29 is 0 Å². The van der Waals surface area contributed by atoms with Gasteiger partial charge in [-0.1, -0.05) is 6.42 Å². The molecule has 2 aliphatic heterocycles. The first-order valence-electron chi connectivity index (χ1n) is 10.7. The molecule has 2 saturated heterocycles. The molecule has 1 aliphatic carbocycles. The number of anilines is 1. The molecule has 3 aliphatic rings. The largest absolute Gasteiger partial charge is 0.365 e. The predicted octanol–water partition coefficient (Wildman–Crippen LogP) is 3.15. The molecular weight excluding hydrogens is 376 g/mol. The van der Waals surface area contributed by atoms with Gasteiger partial charge in [0.1, 0.15) is 5.82 Å². The molecule has 3 fully saturated rings. The Hall–Kier alpha value is -3.26. The van der Waals surface area contributed by atoms with Crippen molar-refractivity contribution in [2.24, 2.45) is 5.92 Å². The summed E-state index contributed by atoms with van der Waals surface area (Å²) in [7, 11) is 0. The summed E-state index contributed by atoms with van der Waals surface area (Å²) in [4.78, 5) is 0. The number of piperidine rings is 1. The normalized spacial score (nSPS) is 23.5. The summed E-state index contributed by atoms with van der Waals surface area (Å²) in [5.41, 5.74) is 3.73. The fourth-order valence-corrected chi connectivity index (χ4v) is 4.96. The van der Waals surface area contributed by atoms with Crippen LogP contribution in [0, 0.1) is 5.92 Å². The molecule has 7 rings (SSSR count). The van der Waals surface area contributed by atoms with Crippen LogP contribution in [-0.4, -0.2) is 48.8 Å². The number of H-pyrrole nitrogens is 1. The lowest BCUT2D eigenvalue weighted by Crippen LogP contribution is -2.47. The molecule has 0 spiro atoms. The average molecular weight is 400 g/mol. The molecule has 30 heavy (non-hydrogen) atoms. The molecule has 8 heteroatoms. The van der Waals surface area contributed by atoms with Crippen LogP contribution in [0.1, 0.15) is 25.7 Å². The lowest BCUT2D eigenvalue weighted by Gasteiger charge is -2.34. The molecule has 1 aromatic carbocycles. The first-order valence-corrected chi connectivity index (χ1v) is 10.7. The monoisotopic (exact) mass is 400 g/mol. The van der Waals surface area contributed by atoms with E-state index in [0.29, 0.717) is 18.0 Å². The maximum Gasteiger partial charge on any atom is 0.148 e. The third kappa shape index (κ3) is 3.04. The van der Waals surface area contributed by atoms with Gasteiger partial charge >= 0.3 is 0 Å². The fraction of sp³-hybridized carbons (Fsp3) is 0.364. The molecule has 0 unspecified atom stereocenters. The van der Waals surface area contributed by atoms with Crippen molar-refractivity contribution in [3.05, 3.63) is 48.9 Å². The quantitative estimate of drug-likeness (QED) is 0.487. The Morgan fingerprint density at radius 1 is 1.10 bits per heavy atom. The summed E-state index contributed by atoms with van der Waals surface area (Å²) in [6.45, 7) is 1.11. The molecule has 152 valence electrons.